The number of benzene rings is 1. The van der Waals surface area contributed by atoms with Gasteiger partial charge >= 0.3 is 0 Å². The average molecular weight is 352 g/mol. The molecule has 1 aliphatic carbocycles. The second kappa shape index (κ2) is 8.08. The first-order chi connectivity index (χ1) is 12.5. The number of amides is 2. The number of anilines is 1. The summed E-state index contributed by atoms with van der Waals surface area (Å²) in [7, 11) is 1.88. The summed E-state index contributed by atoms with van der Waals surface area (Å²) in [5.41, 5.74) is 2.26. The van der Waals surface area contributed by atoms with Gasteiger partial charge in [0, 0.05) is 30.5 Å². The van der Waals surface area contributed by atoms with Crippen LogP contribution >= 0.6 is 0 Å². The van der Waals surface area contributed by atoms with E-state index < -0.39 is 0 Å². The Bertz CT molecular complexity index is 765. The lowest BCUT2D eigenvalue weighted by Gasteiger charge is -2.31. The highest BCUT2D eigenvalue weighted by Crippen LogP contribution is 2.23. The molecule has 2 aromatic rings. The van der Waals surface area contributed by atoms with Gasteiger partial charge in [0.05, 0.1) is 11.9 Å². The molecule has 1 saturated carbocycles. The topological polar surface area (TPSA) is 75.2 Å². The third kappa shape index (κ3) is 4.25. The van der Waals surface area contributed by atoms with Gasteiger partial charge in [-0.05, 0) is 44.0 Å². The van der Waals surface area contributed by atoms with Crippen LogP contribution in [0.4, 0.5) is 5.69 Å². The van der Waals surface area contributed by atoms with Gasteiger partial charge in [0.1, 0.15) is 5.69 Å². The van der Waals surface area contributed by atoms with Gasteiger partial charge in [0.15, 0.2) is 0 Å². The first kappa shape index (κ1) is 18.0. The van der Waals surface area contributed by atoms with Crippen molar-refractivity contribution in [2.75, 3.05) is 12.4 Å². The quantitative estimate of drug-likeness (QED) is 0.914. The van der Waals surface area contributed by atoms with Crippen LogP contribution < -0.4 is 5.32 Å². The fourth-order valence-corrected chi connectivity index (χ4v) is 3.24. The van der Waals surface area contributed by atoms with Gasteiger partial charge < -0.3 is 10.2 Å². The highest BCUT2D eigenvalue weighted by Gasteiger charge is 2.22. The third-order valence-corrected chi connectivity index (χ3v) is 4.85. The summed E-state index contributed by atoms with van der Waals surface area (Å²) in [5.74, 6) is -0.296. The number of carbonyl (C=O) groups excluding carboxylic acids is 2. The first-order valence-corrected chi connectivity index (χ1v) is 9.02. The second-order valence-corrected chi connectivity index (χ2v) is 6.78. The summed E-state index contributed by atoms with van der Waals surface area (Å²) >= 11 is 0. The lowest BCUT2D eigenvalue weighted by molar-refractivity contribution is 0.0696. The molecule has 2 amide bonds. The smallest absolute Gasteiger partial charge is 0.275 e. The van der Waals surface area contributed by atoms with Crippen molar-refractivity contribution in [2.45, 2.75) is 45.1 Å². The van der Waals surface area contributed by atoms with Crippen LogP contribution in [0.5, 0.6) is 0 Å². The zero-order valence-electron chi connectivity index (χ0n) is 15.2. The molecule has 1 N–H and O–H groups in total. The SMILES string of the molecule is Cc1cnc(C(=O)Nc2ccc(C(=O)N(C)C3CCCCC3)cc2)cn1. The van der Waals surface area contributed by atoms with Crippen molar-refractivity contribution in [2.24, 2.45) is 0 Å². The monoisotopic (exact) mass is 352 g/mol. The molecule has 0 atom stereocenters. The molecule has 1 heterocycles. The third-order valence-electron chi connectivity index (χ3n) is 4.85. The Hall–Kier alpha value is -2.76. The van der Waals surface area contributed by atoms with Crippen LogP contribution in [-0.4, -0.2) is 39.8 Å². The molecule has 1 fully saturated rings. The summed E-state index contributed by atoms with van der Waals surface area (Å²) < 4.78 is 0. The van der Waals surface area contributed by atoms with Crippen molar-refractivity contribution in [3.63, 3.8) is 0 Å². The Morgan fingerprint density at radius 1 is 1.04 bits per heavy atom. The number of hydrogen-bond donors (Lipinski definition) is 1. The second-order valence-electron chi connectivity index (χ2n) is 6.78. The van der Waals surface area contributed by atoms with E-state index in [1.54, 1.807) is 30.5 Å². The Labute approximate surface area is 153 Å². The normalized spacial score (nSPS) is 14.7. The number of hydrogen-bond acceptors (Lipinski definition) is 4. The molecule has 3 rings (SSSR count). The van der Waals surface area contributed by atoms with Crippen molar-refractivity contribution in [1.29, 1.82) is 0 Å². The van der Waals surface area contributed by atoms with Crippen LogP contribution in [0.3, 0.4) is 0 Å². The number of aromatic nitrogens is 2. The maximum absolute atomic E-state index is 12.7. The Kier molecular flexibility index (Phi) is 5.61. The number of rotatable bonds is 4. The Morgan fingerprint density at radius 2 is 1.73 bits per heavy atom. The lowest BCUT2D eigenvalue weighted by Crippen LogP contribution is -2.38. The van der Waals surface area contributed by atoms with Crippen LogP contribution in [0.15, 0.2) is 36.7 Å². The summed E-state index contributed by atoms with van der Waals surface area (Å²) in [6, 6.07) is 7.30. The molecule has 136 valence electrons. The van der Waals surface area contributed by atoms with Crippen molar-refractivity contribution in [1.82, 2.24) is 14.9 Å². The number of nitrogens with one attached hydrogen (secondary N) is 1. The maximum Gasteiger partial charge on any atom is 0.275 e. The molecule has 6 heteroatoms. The van der Waals surface area contributed by atoms with Crippen LogP contribution in [0.25, 0.3) is 0 Å². The van der Waals surface area contributed by atoms with Crippen molar-refractivity contribution >= 4 is 17.5 Å². The highest BCUT2D eigenvalue weighted by atomic mass is 16.2. The van der Waals surface area contributed by atoms with Crippen molar-refractivity contribution < 1.29 is 9.59 Å². The van der Waals surface area contributed by atoms with Crippen molar-refractivity contribution in [3.05, 3.63) is 53.6 Å². The lowest BCUT2D eigenvalue weighted by atomic mass is 9.94. The summed E-state index contributed by atoms with van der Waals surface area (Å²) in [6.07, 6.45) is 8.80. The largest absolute Gasteiger partial charge is 0.339 e. The number of nitrogens with zero attached hydrogens (tertiary/aromatic N) is 3. The fourth-order valence-electron chi connectivity index (χ4n) is 3.24. The standard InChI is InChI=1S/C20H24N4O2/c1-14-12-22-18(13-21-14)19(25)23-16-10-8-15(9-11-16)20(26)24(2)17-6-4-3-5-7-17/h8-13,17H,3-7H2,1-2H3,(H,23,25). The molecule has 0 spiro atoms. The molecule has 0 aliphatic heterocycles. The van der Waals surface area contributed by atoms with E-state index in [1.807, 2.05) is 18.9 Å². The molecule has 1 aromatic heterocycles. The molecule has 6 nitrogen and oxygen atoms in total. The van der Waals surface area contributed by atoms with E-state index in [0.717, 1.165) is 18.5 Å². The zero-order valence-corrected chi connectivity index (χ0v) is 15.2. The van der Waals surface area contributed by atoms with Gasteiger partial charge in [0.2, 0.25) is 0 Å². The van der Waals surface area contributed by atoms with Crippen LogP contribution in [-0.2, 0) is 0 Å². The van der Waals surface area contributed by atoms with Crippen LogP contribution in [0.2, 0.25) is 0 Å². The van der Waals surface area contributed by atoms with E-state index in [9.17, 15) is 9.59 Å². The van der Waals surface area contributed by atoms with Gasteiger partial charge in [-0.15, -0.1) is 0 Å². The van der Waals surface area contributed by atoms with Gasteiger partial charge in [-0.2, -0.15) is 0 Å². The average Bonchev–Trinajstić information content (AvgIpc) is 2.68. The molecule has 0 saturated heterocycles. The number of aryl methyl sites for hydroxylation is 1. The minimum atomic E-state index is -0.323. The molecular weight excluding hydrogens is 328 g/mol. The van der Waals surface area contributed by atoms with Gasteiger partial charge in [-0.3, -0.25) is 14.6 Å². The molecule has 0 radical (unpaired) electrons. The van der Waals surface area contributed by atoms with E-state index in [0.29, 0.717) is 17.3 Å². The Balaban J connectivity index is 1.63. The van der Waals surface area contributed by atoms with E-state index in [1.165, 1.54) is 25.5 Å². The van der Waals surface area contributed by atoms with Gasteiger partial charge in [-0.25, -0.2) is 4.98 Å². The minimum Gasteiger partial charge on any atom is -0.339 e. The van der Waals surface area contributed by atoms with E-state index in [2.05, 4.69) is 15.3 Å². The van der Waals surface area contributed by atoms with Crippen molar-refractivity contribution in [3.8, 4) is 0 Å². The van der Waals surface area contributed by atoms with Crippen LogP contribution in [0, 0.1) is 6.92 Å². The predicted octanol–water partition coefficient (Wildman–Crippen LogP) is 3.44. The zero-order chi connectivity index (χ0) is 18.5. The summed E-state index contributed by atoms with van der Waals surface area (Å²) in [5, 5.41) is 2.77. The van der Waals surface area contributed by atoms with E-state index >= 15 is 0 Å². The summed E-state index contributed by atoms with van der Waals surface area (Å²) in [4.78, 5) is 34.8. The maximum atomic E-state index is 12.7. The molecule has 0 unspecified atom stereocenters. The van der Waals surface area contributed by atoms with E-state index in [-0.39, 0.29) is 17.5 Å². The number of carbonyl (C=O) groups is 2. The molecule has 1 aliphatic rings. The molecule has 0 bridgehead atoms. The summed E-state index contributed by atoms with van der Waals surface area (Å²) in [6.45, 7) is 1.81. The predicted molar refractivity (Wildman–Crippen MR) is 100 cm³/mol. The van der Waals surface area contributed by atoms with Gasteiger partial charge in [-0.1, -0.05) is 19.3 Å². The van der Waals surface area contributed by atoms with Gasteiger partial charge in [0.25, 0.3) is 11.8 Å². The molecule has 26 heavy (non-hydrogen) atoms. The fraction of sp³-hybridized carbons (Fsp3) is 0.400. The van der Waals surface area contributed by atoms with Crippen LogP contribution in [0.1, 0.15) is 58.6 Å². The minimum absolute atomic E-state index is 0.0270. The highest BCUT2D eigenvalue weighted by molar-refractivity contribution is 6.03. The first-order valence-electron chi connectivity index (χ1n) is 9.02. The van der Waals surface area contributed by atoms with E-state index in [4.69, 9.17) is 0 Å². The Morgan fingerprint density at radius 3 is 2.35 bits per heavy atom. The molecule has 1 aromatic carbocycles. The molecular formula is C20H24N4O2.